The summed E-state index contributed by atoms with van der Waals surface area (Å²) >= 11 is 14.2. The minimum absolute atomic E-state index is 0.0543. The molecule has 3 aromatic heterocycles. The molecular weight excluding hydrogens is 807 g/mol. The smallest absolute Gasteiger partial charge is 0.344 e. The molecule has 0 saturated heterocycles. The first kappa shape index (κ1) is 39.8. The molecule has 58 heavy (non-hydrogen) atoms. The number of carbonyl (C=O) groups is 1. The van der Waals surface area contributed by atoms with Gasteiger partial charge in [0.15, 0.2) is 12.4 Å². The molecule has 0 radical (unpaired) electrons. The molecular formula is C41H34Cl2N6O8S. The average Bonchev–Trinajstić information content (AvgIpc) is 3.66. The highest BCUT2D eigenvalue weighted by molar-refractivity contribution is 7.18. The van der Waals surface area contributed by atoms with Crippen molar-refractivity contribution in [1.82, 2.24) is 24.9 Å². The predicted octanol–water partition coefficient (Wildman–Crippen LogP) is 7.58. The molecule has 14 nitrogen and oxygen atoms in total. The van der Waals surface area contributed by atoms with Gasteiger partial charge in [-0.05, 0) is 59.7 Å². The summed E-state index contributed by atoms with van der Waals surface area (Å²) in [5.74, 6) is 1.50. The summed E-state index contributed by atoms with van der Waals surface area (Å²) in [6, 6.07) is 26.5. The molecule has 0 bridgehead atoms. The molecule has 4 aromatic carbocycles. The van der Waals surface area contributed by atoms with Crippen molar-refractivity contribution >= 4 is 56.7 Å². The van der Waals surface area contributed by atoms with E-state index in [0.29, 0.717) is 50.6 Å². The van der Waals surface area contributed by atoms with Crippen LogP contribution in [-0.2, 0) is 35.9 Å². The molecule has 17 heteroatoms. The van der Waals surface area contributed by atoms with E-state index in [1.165, 1.54) is 34.5 Å². The number of thiazole rings is 1. The first-order valence-electron chi connectivity index (χ1n) is 17.6. The highest BCUT2D eigenvalue weighted by Gasteiger charge is 2.15. The van der Waals surface area contributed by atoms with Crippen molar-refractivity contribution in [3.05, 3.63) is 145 Å². The fraction of sp³-hybridized carbons (Fsp3) is 0.171. The molecule has 0 spiro atoms. The number of halogens is 2. The second kappa shape index (κ2) is 18.7. The summed E-state index contributed by atoms with van der Waals surface area (Å²) in [5.41, 5.74) is 3.27. The number of anilines is 1. The third-order valence-corrected chi connectivity index (χ3v) is 10.1. The topological polar surface area (TPSA) is 158 Å². The summed E-state index contributed by atoms with van der Waals surface area (Å²) < 4.78 is 29.8. The van der Waals surface area contributed by atoms with Crippen molar-refractivity contribution < 1.29 is 33.3 Å². The molecule has 0 unspecified atom stereocenters. The molecule has 0 atom stereocenters. The van der Waals surface area contributed by atoms with E-state index in [1.54, 1.807) is 56.7 Å². The number of nitrogens with zero attached hydrogens (tertiary/aromatic N) is 5. The van der Waals surface area contributed by atoms with Crippen LogP contribution >= 0.6 is 34.5 Å². The monoisotopic (exact) mass is 840 g/mol. The summed E-state index contributed by atoms with van der Waals surface area (Å²) in [6.07, 6.45) is 2.92. The van der Waals surface area contributed by atoms with E-state index in [4.69, 9.17) is 51.7 Å². The molecule has 0 amide bonds. The standard InChI is InChI=1S/C41H34Cl2N6O8S/c1-52-28-10-6-25(7-11-28)21-55-36-20-49(57-22-26-8-12-29(53-2)13-9-26)27(16-35(36)50)23-56-39(51)24-54-30-14-15-37-33(17-30)46-38(58-37)19-44-41-47-34(18-45-48-41)40-31(42)4-3-5-32(40)43/h3-18,20H,19,21-24H2,1-2H3,(H,44,47,48). The first-order valence-corrected chi connectivity index (χ1v) is 19.2. The van der Waals surface area contributed by atoms with Crippen LogP contribution in [-0.4, -0.2) is 51.7 Å². The van der Waals surface area contributed by atoms with Gasteiger partial charge in [-0.1, -0.05) is 53.5 Å². The van der Waals surface area contributed by atoms with Crippen LogP contribution in [0.5, 0.6) is 23.0 Å². The number of fused-ring (bicyclic) bond motifs is 1. The Morgan fingerprint density at radius 3 is 2.21 bits per heavy atom. The Morgan fingerprint density at radius 1 is 0.810 bits per heavy atom. The number of ether oxygens (including phenoxy) is 5. The van der Waals surface area contributed by atoms with Crippen LogP contribution in [0.4, 0.5) is 5.95 Å². The molecule has 1 N–H and O–H groups in total. The Morgan fingerprint density at radius 2 is 1.50 bits per heavy atom. The van der Waals surface area contributed by atoms with Gasteiger partial charge < -0.3 is 33.8 Å². The fourth-order valence-electron chi connectivity index (χ4n) is 5.48. The second-order valence-corrected chi connectivity index (χ2v) is 14.3. The van der Waals surface area contributed by atoms with Crippen LogP contribution in [0.25, 0.3) is 21.5 Å². The molecule has 0 aliphatic carbocycles. The van der Waals surface area contributed by atoms with Gasteiger partial charge >= 0.3 is 5.97 Å². The SMILES string of the molecule is COc1ccc(COc2cn(OCc3ccc(OC)cc3)c(COC(=O)COc3ccc4sc(CNc5nncc(-c6c(Cl)cccc6Cl)n5)nc4c3)cc2=O)cc1. The van der Waals surface area contributed by atoms with Crippen molar-refractivity contribution in [2.75, 3.05) is 26.1 Å². The maximum absolute atomic E-state index is 13.1. The summed E-state index contributed by atoms with van der Waals surface area (Å²) in [6.45, 7) is -0.0541. The van der Waals surface area contributed by atoms with E-state index < -0.39 is 11.4 Å². The van der Waals surface area contributed by atoms with Gasteiger partial charge in [-0.2, -0.15) is 9.83 Å². The second-order valence-electron chi connectivity index (χ2n) is 12.4. The van der Waals surface area contributed by atoms with Gasteiger partial charge in [0, 0.05) is 17.7 Å². The lowest BCUT2D eigenvalue weighted by Crippen LogP contribution is -2.23. The van der Waals surface area contributed by atoms with E-state index in [1.807, 2.05) is 42.5 Å². The highest BCUT2D eigenvalue weighted by Crippen LogP contribution is 2.33. The normalized spacial score (nSPS) is 10.9. The molecule has 0 saturated carbocycles. The number of esters is 1. The lowest BCUT2D eigenvalue weighted by molar-refractivity contribution is -0.147. The minimum atomic E-state index is -0.661. The minimum Gasteiger partial charge on any atom is -0.497 e. The van der Waals surface area contributed by atoms with Gasteiger partial charge in [-0.3, -0.25) is 4.79 Å². The fourth-order valence-corrected chi connectivity index (χ4v) is 6.95. The van der Waals surface area contributed by atoms with Crippen LogP contribution < -0.4 is 34.5 Å². The zero-order chi connectivity index (χ0) is 40.4. The van der Waals surface area contributed by atoms with E-state index in [0.717, 1.165) is 20.8 Å². The van der Waals surface area contributed by atoms with Crippen molar-refractivity contribution in [3.63, 3.8) is 0 Å². The molecule has 296 valence electrons. The Kier molecular flexibility index (Phi) is 12.8. The molecule has 0 aliphatic rings. The van der Waals surface area contributed by atoms with Gasteiger partial charge in [0.25, 0.3) is 0 Å². The Bertz CT molecular complexity index is 2570. The van der Waals surface area contributed by atoms with Crippen molar-refractivity contribution in [3.8, 4) is 34.3 Å². The lowest BCUT2D eigenvalue weighted by Gasteiger charge is -2.17. The number of aromatic nitrogens is 5. The number of methoxy groups -OCH3 is 2. The Labute approximate surface area is 345 Å². The first-order chi connectivity index (χ1) is 28.2. The number of hydrogen-bond donors (Lipinski definition) is 1. The number of rotatable bonds is 17. The molecule has 7 rings (SSSR count). The summed E-state index contributed by atoms with van der Waals surface area (Å²) in [4.78, 5) is 41.2. The van der Waals surface area contributed by atoms with Crippen molar-refractivity contribution in [1.29, 1.82) is 0 Å². The van der Waals surface area contributed by atoms with Crippen LogP contribution in [0.2, 0.25) is 10.0 Å². The van der Waals surface area contributed by atoms with E-state index in [-0.39, 0.29) is 43.8 Å². The van der Waals surface area contributed by atoms with E-state index in [2.05, 4.69) is 25.5 Å². The number of benzene rings is 4. The molecule has 3 heterocycles. The number of nitrogens with one attached hydrogen (secondary N) is 1. The van der Waals surface area contributed by atoms with Crippen LogP contribution in [0.15, 0.2) is 108 Å². The maximum atomic E-state index is 13.1. The number of pyridine rings is 1. The molecule has 0 fully saturated rings. The predicted molar refractivity (Wildman–Crippen MR) is 219 cm³/mol. The van der Waals surface area contributed by atoms with E-state index >= 15 is 0 Å². The average molecular weight is 842 g/mol. The molecule has 7 aromatic rings. The quantitative estimate of drug-likeness (QED) is 0.0896. The van der Waals surface area contributed by atoms with Crippen molar-refractivity contribution in [2.45, 2.75) is 26.4 Å². The maximum Gasteiger partial charge on any atom is 0.344 e. The zero-order valence-electron chi connectivity index (χ0n) is 31.0. The number of carbonyl (C=O) groups excluding carboxylic acids is 1. The van der Waals surface area contributed by atoms with Crippen LogP contribution in [0.1, 0.15) is 21.8 Å². The van der Waals surface area contributed by atoms with E-state index in [9.17, 15) is 9.59 Å². The van der Waals surface area contributed by atoms with Gasteiger partial charge in [-0.15, -0.1) is 16.4 Å². The largest absolute Gasteiger partial charge is 0.497 e. The zero-order valence-corrected chi connectivity index (χ0v) is 33.3. The third kappa shape index (κ3) is 10.1. The number of hydrogen-bond acceptors (Lipinski definition) is 14. The lowest BCUT2D eigenvalue weighted by atomic mass is 10.1. The van der Waals surface area contributed by atoms with Gasteiger partial charge in [0.1, 0.15) is 42.1 Å². The highest BCUT2D eigenvalue weighted by atomic mass is 35.5. The van der Waals surface area contributed by atoms with Crippen molar-refractivity contribution in [2.24, 2.45) is 0 Å². The van der Waals surface area contributed by atoms with Crippen LogP contribution in [0, 0.1) is 0 Å². The van der Waals surface area contributed by atoms with Gasteiger partial charge in [0.2, 0.25) is 11.4 Å². The Balaban J connectivity index is 0.962. The summed E-state index contributed by atoms with van der Waals surface area (Å²) in [5, 5.41) is 12.9. The molecule has 0 aliphatic heterocycles. The van der Waals surface area contributed by atoms with Gasteiger partial charge in [-0.25, -0.2) is 14.8 Å². The van der Waals surface area contributed by atoms with Crippen LogP contribution in [0.3, 0.4) is 0 Å². The Hall–Kier alpha value is -6.42. The summed E-state index contributed by atoms with van der Waals surface area (Å²) in [7, 11) is 3.17. The third-order valence-electron chi connectivity index (χ3n) is 8.46. The van der Waals surface area contributed by atoms with Gasteiger partial charge in [0.05, 0.1) is 64.8 Å².